The smallest absolute Gasteiger partial charge is 0.251 e. The third kappa shape index (κ3) is 5.26. The van der Waals surface area contributed by atoms with Crippen LogP contribution in [0.25, 0.3) is 0 Å². The van der Waals surface area contributed by atoms with Crippen molar-refractivity contribution in [1.82, 2.24) is 10.3 Å². The third-order valence-corrected chi connectivity index (χ3v) is 3.68. The van der Waals surface area contributed by atoms with E-state index in [2.05, 4.69) is 15.7 Å². The lowest BCUT2D eigenvalue weighted by atomic mass is 10.1. The van der Waals surface area contributed by atoms with Crippen LogP contribution >= 0.6 is 0 Å². The van der Waals surface area contributed by atoms with Gasteiger partial charge in [-0.2, -0.15) is 0 Å². The molecule has 0 aliphatic rings. The van der Waals surface area contributed by atoms with E-state index >= 15 is 0 Å². The Hall–Kier alpha value is -1.47. The number of nitrogens with one attached hydrogen (secondary N) is 2. The minimum absolute atomic E-state index is 0.0288. The number of nitrogens with zero attached hydrogens (tertiary/aromatic N) is 1. The van der Waals surface area contributed by atoms with Crippen LogP contribution in [0.5, 0.6) is 0 Å². The molecule has 0 spiro atoms. The Bertz CT molecular complexity index is 471. The fourth-order valence-electron chi connectivity index (χ4n) is 1.70. The molecule has 0 aliphatic heterocycles. The maximum atomic E-state index is 12.2. The topological polar surface area (TPSA) is 97.1 Å². The van der Waals surface area contributed by atoms with E-state index in [0.717, 1.165) is 12.1 Å². The summed E-state index contributed by atoms with van der Waals surface area (Å²) in [6.45, 7) is 3.86. The molecule has 1 rings (SSSR count). The summed E-state index contributed by atoms with van der Waals surface area (Å²) in [5.41, 5.74) is 3.78. The van der Waals surface area contributed by atoms with Gasteiger partial charge < -0.3 is 10.7 Å². The number of hydrogen-bond donors (Lipinski definition) is 3. The van der Waals surface area contributed by atoms with E-state index in [-0.39, 0.29) is 11.9 Å². The number of amides is 1. The highest BCUT2D eigenvalue weighted by Gasteiger charge is 2.12. The number of pyridine rings is 1. The summed E-state index contributed by atoms with van der Waals surface area (Å²) in [6, 6.07) is 3.33. The lowest BCUT2D eigenvalue weighted by Gasteiger charge is -2.14. The molecule has 2 unspecified atom stereocenters. The molecule has 0 saturated heterocycles. The normalized spacial score (nSPS) is 13.6. The van der Waals surface area contributed by atoms with Crippen molar-refractivity contribution in [2.75, 3.05) is 17.4 Å². The van der Waals surface area contributed by atoms with Gasteiger partial charge in [0, 0.05) is 40.1 Å². The molecule has 0 saturated carbocycles. The maximum absolute atomic E-state index is 12.2. The summed E-state index contributed by atoms with van der Waals surface area (Å²) < 4.78 is 11.0. The molecular weight excluding hydrogens is 276 g/mol. The van der Waals surface area contributed by atoms with Crippen molar-refractivity contribution in [3.8, 4) is 0 Å². The van der Waals surface area contributed by atoms with E-state index in [1.54, 1.807) is 18.4 Å². The van der Waals surface area contributed by atoms with Crippen LogP contribution < -0.4 is 16.6 Å². The van der Waals surface area contributed by atoms with E-state index in [1.807, 2.05) is 13.8 Å². The monoisotopic (exact) mass is 298 g/mol. The molecule has 0 fully saturated rings. The average molecular weight is 298 g/mol. The number of anilines is 1. The Morgan fingerprint density at radius 1 is 1.50 bits per heavy atom. The number of rotatable bonds is 7. The minimum Gasteiger partial charge on any atom is -0.350 e. The van der Waals surface area contributed by atoms with Crippen LogP contribution in [-0.4, -0.2) is 33.2 Å². The second-order valence-corrected chi connectivity index (χ2v) is 6.23. The quantitative estimate of drug-likeness (QED) is 0.511. The van der Waals surface area contributed by atoms with Crippen LogP contribution in [0, 0.1) is 0 Å². The number of carbonyl (C=O) groups is 1. The number of nitrogen functional groups attached to an aromatic ring is 1. The molecule has 1 aromatic rings. The SMILES string of the molecule is CCc1cc(C(=O)NC(C)CCS(C)=O)cc(NN)n1. The van der Waals surface area contributed by atoms with Crippen molar-refractivity contribution in [1.29, 1.82) is 0 Å². The van der Waals surface area contributed by atoms with Crippen molar-refractivity contribution >= 4 is 22.5 Å². The van der Waals surface area contributed by atoms with Crippen LogP contribution in [0.2, 0.25) is 0 Å². The van der Waals surface area contributed by atoms with Gasteiger partial charge in [0.1, 0.15) is 5.82 Å². The number of carbonyl (C=O) groups excluding carboxylic acids is 1. The lowest BCUT2D eigenvalue weighted by molar-refractivity contribution is 0.0939. The molecule has 7 heteroatoms. The summed E-state index contributed by atoms with van der Waals surface area (Å²) in [4.78, 5) is 16.4. The van der Waals surface area contributed by atoms with Gasteiger partial charge in [0.15, 0.2) is 0 Å². The Morgan fingerprint density at radius 3 is 2.75 bits per heavy atom. The molecule has 0 aromatic carbocycles. The van der Waals surface area contributed by atoms with Crippen molar-refractivity contribution in [2.45, 2.75) is 32.7 Å². The van der Waals surface area contributed by atoms with Crippen molar-refractivity contribution in [3.05, 3.63) is 23.4 Å². The first kappa shape index (κ1) is 16.6. The van der Waals surface area contributed by atoms with Gasteiger partial charge in [-0.05, 0) is 31.9 Å². The molecule has 0 radical (unpaired) electrons. The molecule has 4 N–H and O–H groups in total. The highest BCUT2D eigenvalue weighted by molar-refractivity contribution is 7.84. The zero-order valence-corrected chi connectivity index (χ0v) is 12.9. The fraction of sp³-hybridized carbons (Fsp3) is 0.538. The Morgan fingerprint density at radius 2 is 2.20 bits per heavy atom. The second-order valence-electron chi connectivity index (χ2n) is 4.67. The van der Waals surface area contributed by atoms with Crippen LogP contribution in [0.4, 0.5) is 5.82 Å². The minimum atomic E-state index is -0.843. The van der Waals surface area contributed by atoms with Crippen LogP contribution in [0.1, 0.15) is 36.3 Å². The van der Waals surface area contributed by atoms with Gasteiger partial charge in [0.2, 0.25) is 0 Å². The summed E-state index contributed by atoms with van der Waals surface area (Å²) in [5, 5.41) is 2.88. The van der Waals surface area contributed by atoms with Gasteiger partial charge >= 0.3 is 0 Å². The molecule has 1 amide bonds. The number of hydrogen-bond acceptors (Lipinski definition) is 5. The Kier molecular flexibility index (Phi) is 6.60. The van der Waals surface area contributed by atoms with Gasteiger partial charge in [-0.1, -0.05) is 6.92 Å². The van der Waals surface area contributed by atoms with E-state index in [0.29, 0.717) is 23.6 Å². The first-order valence-electron chi connectivity index (χ1n) is 6.54. The van der Waals surface area contributed by atoms with Gasteiger partial charge in [-0.25, -0.2) is 10.8 Å². The first-order chi connectivity index (χ1) is 9.46. The van der Waals surface area contributed by atoms with Crippen molar-refractivity contribution in [3.63, 3.8) is 0 Å². The number of aryl methyl sites for hydroxylation is 1. The summed E-state index contributed by atoms with van der Waals surface area (Å²) in [7, 11) is -0.843. The van der Waals surface area contributed by atoms with E-state index in [4.69, 9.17) is 5.84 Å². The zero-order chi connectivity index (χ0) is 15.1. The predicted molar refractivity (Wildman–Crippen MR) is 81.9 cm³/mol. The van der Waals surface area contributed by atoms with E-state index in [1.165, 1.54) is 0 Å². The molecule has 2 atom stereocenters. The van der Waals surface area contributed by atoms with Gasteiger partial charge in [0.25, 0.3) is 5.91 Å². The maximum Gasteiger partial charge on any atom is 0.251 e. The molecular formula is C13H22N4O2S. The molecule has 112 valence electrons. The summed E-state index contributed by atoms with van der Waals surface area (Å²) in [6.07, 6.45) is 3.06. The van der Waals surface area contributed by atoms with Gasteiger partial charge in [-0.15, -0.1) is 0 Å². The Labute approximate surface area is 122 Å². The molecule has 0 bridgehead atoms. The van der Waals surface area contributed by atoms with E-state index < -0.39 is 10.8 Å². The highest BCUT2D eigenvalue weighted by atomic mass is 32.2. The zero-order valence-electron chi connectivity index (χ0n) is 12.1. The van der Waals surface area contributed by atoms with E-state index in [9.17, 15) is 9.00 Å². The fourth-order valence-corrected chi connectivity index (χ4v) is 2.38. The predicted octanol–water partition coefficient (Wildman–Crippen LogP) is 0.817. The van der Waals surface area contributed by atoms with Crippen LogP contribution in [0.3, 0.4) is 0 Å². The molecule has 6 nitrogen and oxygen atoms in total. The number of hydrazine groups is 1. The lowest BCUT2D eigenvalue weighted by Crippen LogP contribution is -2.33. The number of aromatic nitrogens is 1. The first-order valence-corrected chi connectivity index (χ1v) is 8.27. The third-order valence-electron chi connectivity index (χ3n) is 2.87. The largest absolute Gasteiger partial charge is 0.350 e. The summed E-state index contributed by atoms with van der Waals surface area (Å²) in [5.74, 6) is 6.22. The standard InChI is InChI=1S/C13H22N4O2S/c1-4-11-7-10(8-12(16-11)17-14)13(18)15-9(2)5-6-20(3)19/h7-9H,4-6,14H2,1-3H3,(H,15,18)(H,16,17). The van der Waals surface area contributed by atoms with Gasteiger partial charge in [-0.3, -0.25) is 9.00 Å². The average Bonchev–Trinajstić information content (AvgIpc) is 2.44. The van der Waals surface area contributed by atoms with Crippen LogP contribution in [-0.2, 0) is 17.2 Å². The molecule has 1 heterocycles. The van der Waals surface area contributed by atoms with Crippen molar-refractivity contribution in [2.24, 2.45) is 5.84 Å². The number of nitrogens with two attached hydrogens (primary N) is 1. The summed E-state index contributed by atoms with van der Waals surface area (Å²) >= 11 is 0. The van der Waals surface area contributed by atoms with Crippen molar-refractivity contribution < 1.29 is 9.00 Å². The second kappa shape index (κ2) is 7.96. The molecule has 20 heavy (non-hydrogen) atoms. The molecule has 1 aromatic heterocycles. The highest BCUT2D eigenvalue weighted by Crippen LogP contribution is 2.11. The Balaban J connectivity index is 2.73. The van der Waals surface area contributed by atoms with Gasteiger partial charge in [0.05, 0.1) is 0 Å². The van der Waals surface area contributed by atoms with Crippen LogP contribution in [0.15, 0.2) is 12.1 Å². The molecule has 0 aliphatic carbocycles.